The Bertz CT molecular complexity index is 436. The van der Waals surface area contributed by atoms with E-state index < -0.39 is 0 Å². The monoisotopic (exact) mass is 294 g/mol. The van der Waals surface area contributed by atoms with Crippen molar-refractivity contribution in [2.24, 2.45) is 0 Å². The first kappa shape index (κ1) is 14.9. The lowest BCUT2D eigenvalue weighted by Crippen LogP contribution is -2.46. The fourth-order valence-corrected chi connectivity index (χ4v) is 3.30. The van der Waals surface area contributed by atoms with Gasteiger partial charge in [0, 0.05) is 32.8 Å². The summed E-state index contributed by atoms with van der Waals surface area (Å²) in [4.78, 5) is 4.89. The number of hydrogen-bond donors (Lipinski definition) is 0. The van der Waals surface area contributed by atoms with Crippen molar-refractivity contribution < 1.29 is 4.74 Å². The third kappa shape index (κ3) is 3.41. The zero-order valence-electron chi connectivity index (χ0n) is 13.1. The normalized spacial score (nSPS) is 26.3. The molecule has 3 heterocycles. The summed E-state index contributed by atoms with van der Waals surface area (Å²) in [6, 6.07) is 0.315. The van der Waals surface area contributed by atoms with E-state index in [9.17, 15) is 0 Å². The van der Waals surface area contributed by atoms with Gasteiger partial charge in [0.1, 0.15) is 0 Å². The van der Waals surface area contributed by atoms with Crippen LogP contribution in [-0.4, -0.2) is 75.9 Å². The summed E-state index contributed by atoms with van der Waals surface area (Å²) >= 11 is 0. The highest BCUT2D eigenvalue weighted by Gasteiger charge is 2.28. The molecule has 0 N–H and O–H groups in total. The highest BCUT2D eigenvalue weighted by Crippen LogP contribution is 2.24. The number of aromatic nitrogens is 4. The van der Waals surface area contributed by atoms with Crippen LogP contribution >= 0.6 is 0 Å². The Kier molecular flexibility index (Phi) is 4.82. The van der Waals surface area contributed by atoms with E-state index in [1.54, 1.807) is 0 Å². The van der Waals surface area contributed by atoms with E-state index >= 15 is 0 Å². The van der Waals surface area contributed by atoms with Gasteiger partial charge in [-0.2, -0.15) is 0 Å². The molecule has 0 unspecified atom stereocenters. The van der Waals surface area contributed by atoms with Crippen molar-refractivity contribution in [2.75, 3.05) is 39.8 Å². The second-order valence-electron chi connectivity index (χ2n) is 6.12. The third-order valence-corrected chi connectivity index (χ3v) is 4.62. The summed E-state index contributed by atoms with van der Waals surface area (Å²) in [6.45, 7) is 8.27. The van der Waals surface area contributed by atoms with E-state index in [2.05, 4.69) is 39.3 Å². The van der Waals surface area contributed by atoms with Gasteiger partial charge in [-0.3, -0.25) is 4.90 Å². The Morgan fingerprint density at radius 2 is 2.10 bits per heavy atom. The van der Waals surface area contributed by atoms with Crippen molar-refractivity contribution in [3.8, 4) is 0 Å². The SMILES string of the molecule is CC[C@H](c1nnnn1C[C@H]1CCCO1)N1CCN(C)CC1. The molecule has 7 heteroatoms. The molecule has 118 valence electrons. The number of hydrogen-bond acceptors (Lipinski definition) is 6. The average Bonchev–Trinajstić information content (AvgIpc) is 3.15. The van der Waals surface area contributed by atoms with Crippen LogP contribution in [-0.2, 0) is 11.3 Å². The van der Waals surface area contributed by atoms with Gasteiger partial charge < -0.3 is 9.64 Å². The van der Waals surface area contributed by atoms with E-state index in [0.29, 0.717) is 6.04 Å². The van der Waals surface area contributed by atoms with Crippen molar-refractivity contribution >= 4 is 0 Å². The van der Waals surface area contributed by atoms with Crippen LogP contribution in [0.25, 0.3) is 0 Å². The Hall–Kier alpha value is -1.05. The summed E-state index contributed by atoms with van der Waals surface area (Å²) in [5.41, 5.74) is 0. The second kappa shape index (κ2) is 6.81. The maximum atomic E-state index is 5.72. The van der Waals surface area contributed by atoms with Gasteiger partial charge in [-0.05, 0) is 36.7 Å². The van der Waals surface area contributed by atoms with Gasteiger partial charge >= 0.3 is 0 Å². The Morgan fingerprint density at radius 1 is 1.29 bits per heavy atom. The lowest BCUT2D eigenvalue weighted by atomic mass is 10.1. The van der Waals surface area contributed by atoms with E-state index in [4.69, 9.17) is 4.74 Å². The number of rotatable bonds is 5. The Morgan fingerprint density at radius 3 is 2.76 bits per heavy atom. The van der Waals surface area contributed by atoms with Crippen LogP contribution in [0.2, 0.25) is 0 Å². The van der Waals surface area contributed by atoms with E-state index in [0.717, 1.165) is 64.4 Å². The van der Waals surface area contributed by atoms with Gasteiger partial charge in [0.05, 0.1) is 18.7 Å². The van der Waals surface area contributed by atoms with Gasteiger partial charge in [0.2, 0.25) is 0 Å². The fraction of sp³-hybridized carbons (Fsp3) is 0.929. The third-order valence-electron chi connectivity index (χ3n) is 4.62. The summed E-state index contributed by atoms with van der Waals surface area (Å²) in [7, 11) is 2.18. The Balaban J connectivity index is 1.70. The molecule has 1 aromatic rings. The molecule has 2 aliphatic heterocycles. The van der Waals surface area contributed by atoms with Crippen molar-refractivity contribution in [1.82, 2.24) is 30.0 Å². The summed E-state index contributed by atoms with van der Waals surface area (Å²) < 4.78 is 7.68. The lowest BCUT2D eigenvalue weighted by Gasteiger charge is -2.37. The predicted molar refractivity (Wildman–Crippen MR) is 78.9 cm³/mol. The van der Waals surface area contributed by atoms with Crippen LogP contribution in [0.4, 0.5) is 0 Å². The number of tetrazole rings is 1. The first-order valence-electron chi connectivity index (χ1n) is 8.08. The summed E-state index contributed by atoms with van der Waals surface area (Å²) in [5.74, 6) is 0.998. The molecule has 2 saturated heterocycles. The summed E-state index contributed by atoms with van der Waals surface area (Å²) in [5, 5.41) is 12.4. The van der Waals surface area contributed by atoms with Gasteiger partial charge in [0.15, 0.2) is 5.82 Å². The van der Waals surface area contributed by atoms with Crippen molar-refractivity contribution in [3.05, 3.63) is 5.82 Å². The largest absolute Gasteiger partial charge is 0.376 e. The minimum Gasteiger partial charge on any atom is -0.376 e. The molecule has 0 amide bonds. The quantitative estimate of drug-likeness (QED) is 0.790. The van der Waals surface area contributed by atoms with Gasteiger partial charge in [-0.15, -0.1) is 5.10 Å². The minimum absolute atomic E-state index is 0.275. The van der Waals surface area contributed by atoms with E-state index in [-0.39, 0.29) is 6.10 Å². The highest BCUT2D eigenvalue weighted by molar-refractivity contribution is 4.95. The molecular formula is C14H26N6O. The zero-order chi connectivity index (χ0) is 14.7. The number of likely N-dealkylation sites (N-methyl/N-ethyl adjacent to an activating group) is 1. The lowest BCUT2D eigenvalue weighted by molar-refractivity contribution is 0.0829. The molecule has 21 heavy (non-hydrogen) atoms. The first-order valence-corrected chi connectivity index (χ1v) is 8.08. The molecule has 0 bridgehead atoms. The van der Waals surface area contributed by atoms with Gasteiger partial charge in [-0.25, -0.2) is 4.68 Å². The zero-order valence-corrected chi connectivity index (χ0v) is 13.1. The molecule has 7 nitrogen and oxygen atoms in total. The molecule has 0 saturated carbocycles. The summed E-state index contributed by atoms with van der Waals surface area (Å²) in [6.07, 6.45) is 3.58. The smallest absolute Gasteiger partial charge is 0.168 e. The topological polar surface area (TPSA) is 59.3 Å². The van der Waals surface area contributed by atoms with Gasteiger partial charge in [0.25, 0.3) is 0 Å². The standard InChI is InChI=1S/C14H26N6O/c1-3-13(19-8-6-18(2)7-9-19)14-15-16-17-20(14)11-12-5-4-10-21-12/h12-13H,3-11H2,1-2H3/t12-,13-/m1/s1. The molecule has 0 radical (unpaired) electrons. The molecule has 0 aliphatic carbocycles. The van der Waals surface area contributed by atoms with E-state index in [1.165, 1.54) is 0 Å². The van der Waals surface area contributed by atoms with Gasteiger partial charge in [-0.1, -0.05) is 6.92 Å². The van der Waals surface area contributed by atoms with Crippen LogP contribution in [0.5, 0.6) is 0 Å². The van der Waals surface area contributed by atoms with Crippen LogP contribution in [0.15, 0.2) is 0 Å². The van der Waals surface area contributed by atoms with Crippen molar-refractivity contribution in [2.45, 2.75) is 44.9 Å². The first-order chi connectivity index (χ1) is 10.3. The van der Waals surface area contributed by atoms with E-state index in [1.807, 2.05) is 4.68 Å². The maximum Gasteiger partial charge on any atom is 0.168 e. The minimum atomic E-state index is 0.275. The highest BCUT2D eigenvalue weighted by atomic mass is 16.5. The fourth-order valence-electron chi connectivity index (χ4n) is 3.30. The molecule has 2 aliphatic rings. The van der Waals surface area contributed by atoms with Crippen molar-refractivity contribution in [3.63, 3.8) is 0 Å². The maximum absolute atomic E-state index is 5.72. The molecule has 2 atom stereocenters. The second-order valence-corrected chi connectivity index (χ2v) is 6.12. The number of nitrogens with zero attached hydrogens (tertiary/aromatic N) is 6. The average molecular weight is 294 g/mol. The predicted octanol–water partition coefficient (Wildman–Crippen LogP) is 0.551. The molecule has 0 spiro atoms. The Labute approximate surface area is 126 Å². The van der Waals surface area contributed by atoms with Crippen LogP contribution < -0.4 is 0 Å². The number of piperazine rings is 1. The molecule has 3 rings (SSSR count). The van der Waals surface area contributed by atoms with Crippen LogP contribution in [0, 0.1) is 0 Å². The molecular weight excluding hydrogens is 268 g/mol. The van der Waals surface area contributed by atoms with Crippen molar-refractivity contribution in [1.29, 1.82) is 0 Å². The number of ether oxygens (including phenoxy) is 1. The molecule has 0 aromatic carbocycles. The molecule has 2 fully saturated rings. The van der Waals surface area contributed by atoms with Crippen LogP contribution in [0.3, 0.4) is 0 Å². The molecule has 1 aromatic heterocycles. The van der Waals surface area contributed by atoms with Crippen LogP contribution in [0.1, 0.15) is 38.1 Å².